The molecule has 112 valence electrons. The Balaban J connectivity index is 0.00000361. The summed E-state index contributed by atoms with van der Waals surface area (Å²) in [5.74, 6) is -1.35. The fourth-order valence-corrected chi connectivity index (χ4v) is 1.67. The quantitative estimate of drug-likeness (QED) is 0.864. The van der Waals surface area contributed by atoms with Crippen molar-refractivity contribution in [2.24, 2.45) is 0 Å². The molecule has 0 aromatic heterocycles. The molecule has 0 heterocycles. The Morgan fingerprint density at radius 1 is 1.40 bits per heavy atom. The number of benzene rings is 1. The van der Waals surface area contributed by atoms with Crippen LogP contribution in [0.5, 0.6) is 0 Å². The number of carboxylic acids is 1. The second-order valence-electron chi connectivity index (χ2n) is 4.10. The number of halogens is 3. The van der Waals surface area contributed by atoms with Crippen LogP contribution < -0.4 is 5.32 Å². The molecule has 0 saturated carbocycles. The van der Waals surface area contributed by atoms with Gasteiger partial charge in [0.05, 0.1) is 17.3 Å². The molecule has 5 nitrogen and oxygen atoms in total. The number of aliphatic carboxylic acids is 1. The number of rotatable bonds is 5. The lowest BCUT2D eigenvalue weighted by molar-refractivity contribution is -0.142. The van der Waals surface area contributed by atoms with Gasteiger partial charge in [-0.15, -0.1) is 12.4 Å². The topological polar surface area (TPSA) is 69.6 Å². The van der Waals surface area contributed by atoms with Crippen molar-refractivity contribution >= 4 is 53.2 Å². The molecule has 1 aromatic rings. The van der Waals surface area contributed by atoms with E-state index < -0.39 is 12.0 Å². The summed E-state index contributed by atoms with van der Waals surface area (Å²) < 4.78 is 0. The third-order valence-electron chi connectivity index (χ3n) is 2.61. The first-order valence-electron chi connectivity index (χ1n) is 5.49. The molecule has 0 fully saturated rings. The molecule has 0 aliphatic heterocycles. The van der Waals surface area contributed by atoms with Crippen molar-refractivity contribution in [3.8, 4) is 0 Å². The number of nitrogens with zero attached hydrogens (tertiary/aromatic N) is 1. The zero-order chi connectivity index (χ0) is 14.6. The van der Waals surface area contributed by atoms with Crippen molar-refractivity contribution < 1.29 is 14.7 Å². The smallest absolute Gasteiger partial charge is 0.320 e. The molecule has 0 aliphatic carbocycles. The molecule has 0 spiro atoms. The predicted octanol–water partition coefficient (Wildman–Crippen LogP) is 2.76. The van der Waals surface area contributed by atoms with E-state index in [1.807, 2.05) is 0 Å². The van der Waals surface area contributed by atoms with Crippen molar-refractivity contribution in [1.82, 2.24) is 4.90 Å². The molecule has 1 atom stereocenters. The lowest BCUT2D eigenvalue weighted by atomic mass is 10.3. The van der Waals surface area contributed by atoms with Gasteiger partial charge in [-0.05, 0) is 32.2 Å². The molecule has 0 bridgehead atoms. The number of hydrogen-bond donors (Lipinski definition) is 2. The van der Waals surface area contributed by atoms with Crippen LogP contribution in [0.1, 0.15) is 6.92 Å². The first-order valence-corrected chi connectivity index (χ1v) is 6.25. The van der Waals surface area contributed by atoms with Crippen LogP contribution in [0.3, 0.4) is 0 Å². The third kappa shape index (κ3) is 5.54. The van der Waals surface area contributed by atoms with Crippen LogP contribution in [0.2, 0.25) is 10.0 Å². The number of amides is 1. The van der Waals surface area contributed by atoms with E-state index in [0.717, 1.165) is 0 Å². The summed E-state index contributed by atoms with van der Waals surface area (Å²) in [7, 11) is 1.55. The lowest BCUT2D eigenvalue weighted by Crippen LogP contribution is -2.40. The minimum atomic E-state index is -0.990. The summed E-state index contributed by atoms with van der Waals surface area (Å²) in [6, 6.07) is 3.96. The Kier molecular flexibility index (Phi) is 7.90. The van der Waals surface area contributed by atoms with Gasteiger partial charge in [-0.2, -0.15) is 0 Å². The number of anilines is 1. The summed E-state index contributed by atoms with van der Waals surface area (Å²) in [6.07, 6.45) is 0. The second-order valence-corrected chi connectivity index (χ2v) is 4.95. The van der Waals surface area contributed by atoms with Gasteiger partial charge >= 0.3 is 5.97 Å². The second kappa shape index (κ2) is 8.32. The van der Waals surface area contributed by atoms with Gasteiger partial charge in [0.1, 0.15) is 6.04 Å². The van der Waals surface area contributed by atoms with E-state index in [1.165, 1.54) is 17.9 Å². The molecular weight excluding hydrogens is 327 g/mol. The average molecular weight is 342 g/mol. The summed E-state index contributed by atoms with van der Waals surface area (Å²) in [5.41, 5.74) is 0.399. The fraction of sp³-hybridized carbons (Fsp3) is 0.333. The van der Waals surface area contributed by atoms with Gasteiger partial charge < -0.3 is 10.4 Å². The van der Waals surface area contributed by atoms with E-state index in [2.05, 4.69) is 5.32 Å². The van der Waals surface area contributed by atoms with Gasteiger partial charge in [0.15, 0.2) is 0 Å². The first-order chi connectivity index (χ1) is 8.81. The summed E-state index contributed by atoms with van der Waals surface area (Å²) in [5, 5.41) is 12.2. The SMILES string of the molecule is CC(C(=O)O)N(C)CC(=O)Nc1cc(Cl)ccc1Cl.Cl. The third-order valence-corrected chi connectivity index (χ3v) is 3.18. The monoisotopic (exact) mass is 340 g/mol. The van der Waals surface area contributed by atoms with E-state index in [0.29, 0.717) is 15.7 Å². The standard InChI is InChI=1S/C12H14Cl2N2O3.ClH/c1-7(12(18)19)16(2)6-11(17)15-10-5-8(13)3-4-9(10)14;/h3-5,7H,6H2,1-2H3,(H,15,17)(H,18,19);1H. The predicted molar refractivity (Wildman–Crippen MR) is 82.1 cm³/mol. The molecule has 1 aromatic carbocycles. The Bertz CT molecular complexity index is 497. The van der Waals surface area contributed by atoms with Gasteiger partial charge in [-0.3, -0.25) is 14.5 Å². The number of carbonyl (C=O) groups is 2. The maximum atomic E-state index is 11.8. The van der Waals surface area contributed by atoms with Crippen molar-refractivity contribution in [2.45, 2.75) is 13.0 Å². The van der Waals surface area contributed by atoms with Crippen LogP contribution in [0, 0.1) is 0 Å². The highest BCUT2D eigenvalue weighted by Gasteiger charge is 2.19. The van der Waals surface area contributed by atoms with E-state index in [4.69, 9.17) is 28.3 Å². The summed E-state index contributed by atoms with van der Waals surface area (Å²) >= 11 is 11.7. The molecule has 8 heteroatoms. The number of likely N-dealkylation sites (N-methyl/N-ethyl adjacent to an activating group) is 1. The normalized spacial score (nSPS) is 11.7. The largest absolute Gasteiger partial charge is 0.480 e. The lowest BCUT2D eigenvalue weighted by Gasteiger charge is -2.20. The van der Waals surface area contributed by atoms with E-state index in [9.17, 15) is 9.59 Å². The Hall–Kier alpha value is -1.01. The molecule has 0 aliphatic rings. The highest BCUT2D eigenvalue weighted by molar-refractivity contribution is 6.35. The molecule has 20 heavy (non-hydrogen) atoms. The van der Waals surface area contributed by atoms with Crippen LogP contribution in [0.25, 0.3) is 0 Å². The van der Waals surface area contributed by atoms with Gasteiger partial charge in [0.2, 0.25) is 5.91 Å². The number of carboxylic acid groups (broad SMARTS) is 1. The molecular formula is C12H15Cl3N2O3. The Morgan fingerprint density at radius 3 is 2.55 bits per heavy atom. The summed E-state index contributed by atoms with van der Waals surface area (Å²) in [4.78, 5) is 23.9. The van der Waals surface area contributed by atoms with Crippen LogP contribution in [-0.2, 0) is 9.59 Å². The van der Waals surface area contributed by atoms with E-state index in [1.54, 1.807) is 19.2 Å². The molecule has 1 amide bonds. The zero-order valence-corrected chi connectivity index (χ0v) is 13.2. The van der Waals surface area contributed by atoms with E-state index in [-0.39, 0.29) is 24.9 Å². The van der Waals surface area contributed by atoms with Gasteiger partial charge in [0.25, 0.3) is 0 Å². The van der Waals surface area contributed by atoms with Crippen LogP contribution in [-0.4, -0.2) is 41.5 Å². The van der Waals surface area contributed by atoms with Gasteiger partial charge in [-0.1, -0.05) is 23.2 Å². The number of carbonyl (C=O) groups excluding carboxylic acids is 1. The summed E-state index contributed by atoms with van der Waals surface area (Å²) in [6.45, 7) is 1.44. The molecule has 1 unspecified atom stereocenters. The van der Waals surface area contributed by atoms with E-state index >= 15 is 0 Å². The molecule has 1 rings (SSSR count). The van der Waals surface area contributed by atoms with Gasteiger partial charge in [0, 0.05) is 5.02 Å². The van der Waals surface area contributed by atoms with Gasteiger partial charge in [-0.25, -0.2) is 0 Å². The van der Waals surface area contributed by atoms with Crippen molar-refractivity contribution in [1.29, 1.82) is 0 Å². The number of hydrogen-bond acceptors (Lipinski definition) is 3. The minimum absolute atomic E-state index is 0. The Labute approximate surface area is 133 Å². The average Bonchev–Trinajstić information content (AvgIpc) is 2.32. The van der Waals surface area contributed by atoms with Crippen LogP contribution in [0.4, 0.5) is 5.69 Å². The minimum Gasteiger partial charge on any atom is -0.480 e. The zero-order valence-electron chi connectivity index (χ0n) is 10.9. The molecule has 0 saturated heterocycles. The number of nitrogens with one attached hydrogen (secondary N) is 1. The van der Waals surface area contributed by atoms with Crippen molar-refractivity contribution in [2.75, 3.05) is 18.9 Å². The van der Waals surface area contributed by atoms with Crippen LogP contribution in [0.15, 0.2) is 18.2 Å². The Morgan fingerprint density at radius 2 is 2.00 bits per heavy atom. The van der Waals surface area contributed by atoms with Crippen molar-refractivity contribution in [3.05, 3.63) is 28.2 Å². The first kappa shape index (κ1) is 19.0. The molecule has 0 radical (unpaired) electrons. The molecule has 2 N–H and O–H groups in total. The highest BCUT2D eigenvalue weighted by atomic mass is 35.5. The highest BCUT2D eigenvalue weighted by Crippen LogP contribution is 2.25. The van der Waals surface area contributed by atoms with Crippen molar-refractivity contribution in [3.63, 3.8) is 0 Å². The fourth-order valence-electron chi connectivity index (χ4n) is 1.34. The maximum absolute atomic E-state index is 11.8. The van der Waals surface area contributed by atoms with Crippen LogP contribution >= 0.6 is 35.6 Å². The maximum Gasteiger partial charge on any atom is 0.320 e.